The number of nitrogens with zero attached hydrogens (tertiary/aromatic N) is 2. The molecule has 0 radical (unpaired) electrons. The lowest BCUT2D eigenvalue weighted by molar-refractivity contribution is 0.298. The van der Waals surface area contributed by atoms with Crippen LogP contribution in [0.25, 0.3) is 10.8 Å². The van der Waals surface area contributed by atoms with Gasteiger partial charge in [0.05, 0.1) is 0 Å². The van der Waals surface area contributed by atoms with Gasteiger partial charge in [-0.2, -0.15) is 0 Å². The molecule has 1 saturated heterocycles. The smallest absolute Gasteiger partial charge is 0.0346 e. The minimum absolute atomic E-state index is 0.520. The molecule has 1 aliphatic heterocycles. The molecule has 3 heteroatoms. The lowest BCUT2D eigenvalue weighted by Gasteiger charge is -2.21. The van der Waals surface area contributed by atoms with Crippen LogP contribution in [0.4, 0.5) is 0 Å². The first-order valence-electron chi connectivity index (χ1n) is 7.60. The zero-order valence-electron chi connectivity index (χ0n) is 12.2. The van der Waals surface area contributed by atoms with Crippen molar-refractivity contribution in [2.24, 2.45) is 0 Å². The number of benzene rings is 1. The van der Waals surface area contributed by atoms with Crippen LogP contribution in [0.5, 0.6) is 0 Å². The van der Waals surface area contributed by atoms with Crippen LogP contribution in [0.3, 0.4) is 0 Å². The van der Waals surface area contributed by atoms with Gasteiger partial charge in [0.2, 0.25) is 0 Å². The maximum Gasteiger partial charge on any atom is 0.0346 e. The summed E-state index contributed by atoms with van der Waals surface area (Å²) < 4.78 is 0. The van der Waals surface area contributed by atoms with Gasteiger partial charge < -0.3 is 10.2 Å². The van der Waals surface area contributed by atoms with Crippen LogP contribution in [0, 0.1) is 0 Å². The monoisotopic (exact) mass is 269 g/mol. The summed E-state index contributed by atoms with van der Waals surface area (Å²) in [6.07, 6.45) is 6.64. The van der Waals surface area contributed by atoms with Crippen molar-refractivity contribution in [1.82, 2.24) is 15.2 Å². The Hall–Kier alpha value is -1.45. The van der Waals surface area contributed by atoms with Gasteiger partial charge in [-0.1, -0.05) is 24.3 Å². The fraction of sp³-hybridized carbons (Fsp3) is 0.471. The highest BCUT2D eigenvalue weighted by Crippen LogP contribution is 2.17. The third kappa shape index (κ3) is 3.17. The molecule has 2 aromatic rings. The first-order valence-corrected chi connectivity index (χ1v) is 7.60. The molecule has 3 nitrogen and oxygen atoms in total. The molecular formula is C17H23N3. The molecule has 2 heterocycles. The Morgan fingerprint density at radius 3 is 2.85 bits per heavy atom. The number of hydrogen-bond donors (Lipinski definition) is 1. The van der Waals surface area contributed by atoms with Crippen molar-refractivity contribution in [2.75, 3.05) is 19.6 Å². The summed E-state index contributed by atoms with van der Waals surface area (Å²) in [4.78, 5) is 6.90. The van der Waals surface area contributed by atoms with Gasteiger partial charge in [-0.3, -0.25) is 4.98 Å². The van der Waals surface area contributed by atoms with E-state index in [2.05, 4.69) is 46.4 Å². The third-order valence-corrected chi connectivity index (χ3v) is 4.12. The van der Waals surface area contributed by atoms with Crippen LogP contribution in [-0.4, -0.2) is 35.6 Å². The Bertz CT molecular complexity index is 556. The standard InChI is InChI=1S/C17H23N3/c1-14(13-20-8-4-5-9-20)19-12-16-11-18-10-15-6-2-3-7-17(15)16/h2-3,6-7,10-11,14,19H,4-5,8-9,12-13H2,1H3. The Morgan fingerprint density at radius 2 is 2.00 bits per heavy atom. The zero-order chi connectivity index (χ0) is 13.8. The van der Waals surface area contributed by atoms with E-state index in [1.807, 2.05) is 12.4 Å². The summed E-state index contributed by atoms with van der Waals surface area (Å²) >= 11 is 0. The van der Waals surface area contributed by atoms with E-state index < -0.39 is 0 Å². The van der Waals surface area contributed by atoms with Crippen molar-refractivity contribution in [2.45, 2.75) is 32.4 Å². The maximum absolute atomic E-state index is 4.34. The molecule has 1 aromatic carbocycles. The Labute approximate surface area is 121 Å². The zero-order valence-corrected chi connectivity index (χ0v) is 12.2. The number of hydrogen-bond acceptors (Lipinski definition) is 3. The lowest BCUT2D eigenvalue weighted by atomic mass is 10.1. The van der Waals surface area contributed by atoms with Gasteiger partial charge in [0, 0.05) is 36.9 Å². The molecule has 1 unspecified atom stereocenters. The molecule has 0 spiro atoms. The van der Waals surface area contributed by atoms with Gasteiger partial charge in [0.1, 0.15) is 0 Å². The molecule has 106 valence electrons. The molecule has 1 aliphatic rings. The van der Waals surface area contributed by atoms with Crippen molar-refractivity contribution in [1.29, 1.82) is 0 Å². The van der Waals surface area contributed by atoms with Gasteiger partial charge in [-0.25, -0.2) is 0 Å². The van der Waals surface area contributed by atoms with Gasteiger partial charge in [0.25, 0.3) is 0 Å². The minimum atomic E-state index is 0.520. The summed E-state index contributed by atoms with van der Waals surface area (Å²) in [6.45, 7) is 6.85. The largest absolute Gasteiger partial charge is 0.309 e. The van der Waals surface area contributed by atoms with Gasteiger partial charge in [-0.05, 0) is 43.8 Å². The SMILES string of the molecule is CC(CN1CCCC1)NCc1cncc2ccccc12. The number of fused-ring (bicyclic) bond motifs is 1. The Morgan fingerprint density at radius 1 is 1.20 bits per heavy atom. The van der Waals surface area contributed by atoms with Crippen molar-refractivity contribution < 1.29 is 0 Å². The average Bonchev–Trinajstić information content (AvgIpc) is 2.98. The van der Waals surface area contributed by atoms with E-state index in [9.17, 15) is 0 Å². The molecule has 1 N–H and O–H groups in total. The molecule has 0 bridgehead atoms. The van der Waals surface area contributed by atoms with Crippen LogP contribution in [0.1, 0.15) is 25.3 Å². The molecule has 1 fully saturated rings. The first-order chi connectivity index (χ1) is 9.83. The summed E-state index contributed by atoms with van der Waals surface area (Å²) in [5.74, 6) is 0. The second-order valence-electron chi connectivity index (χ2n) is 5.81. The topological polar surface area (TPSA) is 28.2 Å². The minimum Gasteiger partial charge on any atom is -0.309 e. The van der Waals surface area contributed by atoms with Crippen molar-refractivity contribution >= 4 is 10.8 Å². The summed E-state index contributed by atoms with van der Waals surface area (Å²) in [7, 11) is 0. The fourth-order valence-corrected chi connectivity index (χ4v) is 3.02. The number of rotatable bonds is 5. The number of nitrogens with one attached hydrogen (secondary N) is 1. The van der Waals surface area contributed by atoms with E-state index in [0.717, 1.165) is 13.1 Å². The van der Waals surface area contributed by atoms with Crippen LogP contribution in [0.15, 0.2) is 36.7 Å². The molecule has 0 aliphatic carbocycles. The highest BCUT2D eigenvalue weighted by Gasteiger charge is 2.14. The molecule has 1 aromatic heterocycles. The number of aromatic nitrogens is 1. The number of pyridine rings is 1. The Balaban J connectivity index is 1.61. The Kier molecular flexibility index (Phi) is 4.28. The molecular weight excluding hydrogens is 246 g/mol. The van der Waals surface area contributed by atoms with Gasteiger partial charge >= 0.3 is 0 Å². The molecule has 0 saturated carbocycles. The first kappa shape index (κ1) is 13.5. The van der Waals surface area contributed by atoms with Crippen LogP contribution >= 0.6 is 0 Å². The van der Waals surface area contributed by atoms with E-state index >= 15 is 0 Å². The van der Waals surface area contributed by atoms with E-state index in [0.29, 0.717) is 6.04 Å². The molecule has 20 heavy (non-hydrogen) atoms. The van der Waals surface area contributed by atoms with Gasteiger partial charge in [-0.15, -0.1) is 0 Å². The summed E-state index contributed by atoms with van der Waals surface area (Å²) in [5, 5.41) is 6.17. The molecule has 1 atom stereocenters. The van der Waals surface area contributed by atoms with E-state index in [1.54, 1.807) is 0 Å². The van der Waals surface area contributed by atoms with Crippen molar-refractivity contribution in [3.63, 3.8) is 0 Å². The maximum atomic E-state index is 4.34. The average molecular weight is 269 g/mol. The van der Waals surface area contributed by atoms with E-state index in [1.165, 1.54) is 42.3 Å². The predicted molar refractivity (Wildman–Crippen MR) is 83.7 cm³/mol. The second kappa shape index (κ2) is 6.33. The van der Waals surface area contributed by atoms with Crippen molar-refractivity contribution in [3.8, 4) is 0 Å². The second-order valence-corrected chi connectivity index (χ2v) is 5.81. The quantitative estimate of drug-likeness (QED) is 0.904. The lowest BCUT2D eigenvalue weighted by Crippen LogP contribution is -2.37. The molecule has 3 rings (SSSR count). The van der Waals surface area contributed by atoms with E-state index in [-0.39, 0.29) is 0 Å². The van der Waals surface area contributed by atoms with Crippen molar-refractivity contribution in [3.05, 3.63) is 42.2 Å². The molecule has 0 amide bonds. The van der Waals surface area contributed by atoms with Gasteiger partial charge in [0.15, 0.2) is 0 Å². The van der Waals surface area contributed by atoms with Crippen LogP contribution in [-0.2, 0) is 6.54 Å². The predicted octanol–water partition coefficient (Wildman–Crippen LogP) is 2.81. The van der Waals surface area contributed by atoms with E-state index in [4.69, 9.17) is 0 Å². The van der Waals surface area contributed by atoms with Crippen LogP contribution in [0.2, 0.25) is 0 Å². The summed E-state index contributed by atoms with van der Waals surface area (Å²) in [5.41, 5.74) is 1.29. The highest BCUT2D eigenvalue weighted by molar-refractivity contribution is 5.84. The summed E-state index contributed by atoms with van der Waals surface area (Å²) in [6, 6.07) is 8.99. The third-order valence-electron chi connectivity index (χ3n) is 4.12. The van der Waals surface area contributed by atoms with Crippen LogP contribution < -0.4 is 5.32 Å². The number of likely N-dealkylation sites (tertiary alicyclic amines) is 1. The normalized spacial score (nSPS) is 17.6. The highest BCUT2D eigenvalue weighted by atomic mass is 15.2. The fourth-order valence-electron chi connectivity index (χ4n) is 3.02.